The number of hydrogen-bond acceptors (Lipinski definition) is 5. The number of benzene rings is 1. The summed E-state index contributed by atoms with van der Waals surface area (Å²) in [4.78, 5) is 16.7. The monoisotopic (exact) mass is 435 g/mol. The first-order chi connectivity index (χ1) is 13.1. The summed E-state index contributed by atoms with van der Waals surface area (Å²) in [6.07, 6.45) is 4.52. The van der Waals surface area contributed by atoms with Crippen LogP contribution in [0.2, 0.25) is 0 Å². The highest BCUT2D eigenvalue weighted by atomic mass is 79.9. The van der Waals surface area contributed by atoms with Crippen molar-refractivity contribution >= 4 is 32.8 Å². The van der Waals surface area contributed by atoms with Crippen LogP contribution in [0.1, 0.15) is 22.6 Å². The summed E-state index contributed by atoms with van der Waals surface area (Å²) in [5, 5.41) is 3.75. The van der Waals surface area contributed by atoms with Crippen molar-refractivity contribution in [3.05, 3.63) is 46.7 Å². The van der Waals surface area contributed by atoms with E-state index in [-0.39, 0.29) is 5.91 Å². The number of ether oxygens (including phenoxy) is 2. The fraction of sp³-hybridized carbons (Fsp3) is 0.368. The molecule has 8 heteroatoms. The first-order valence-corrected chi connectivity index (χ1v) is 9.48. The van der Waals surface area contributed by atoms with Crippen LogP contribution in [0.4, 0.5) is 0 Å². The Morgan fingerprint density at radius 2 is 2.19 bits per heavy atom. The minimum atomic E-state index is -0.164. The summed E-state index contributed by atoms with van der Waals surface area (Å²) < 4.78 is 19.0. The van der Waals surface area contributed by atoms with Gasteiger partial charge >= 0.3 is 0 Å². The van der Waals surface area contributed by atoms with E-state index in [2.05, 4.69) is 30.8 Å². The number of aromatic nitrogens is 2. The molecule has 7 nitrogen and oxygen atoms in total. The molecule has 3 rings (SSSR count). The van der Waals surface area contributed by atoms with Gasteiger partial charge < -0.3 is 23.8 Å². The molecule has 0 atom stereocenters. The average Bonchev–Trinajstić information content (AvgIpc) is 3.23. The maximum Gasteiger partial charge on any atom is 0.251 e. The molecule has 0 saturated carbocycles. The minimum Gasteiger partial charge on any atom is -0.490 e. The summed E-state index contributed by atoms with van der Waals surface area (Å²) in [5.41, 5.74) is 1.09. The first kappa shape index (κ1) is 19.4. The first-order valence-electron chi connectivity index (χ1n) is 8.69. The average molecular weight is 436 g/mol. The van der Waals surface area contributed by atoms with Gasteiger partial charge in [-0.3, -0.25) is 4.79 Å². The smallest absolute Gasteiger partial charge is 0.251 e. The Hall–Kier alpha value is -2.32. The van der Waals surface area contributed by atoms with Gasteiger partial charge in [-0.2, -0.15) is 0 Å². The van der Waals surface area contributed by atoms with E-state index in [9.17, 15) is 4.79 Å². The molecule has 1 N–H and O–H groups in total. The number of aryl methyl sites for hydroxylation is 2. The molecule has 3 aromatic rings. The van der Waals surface area contributed by atoms with Gasteiger partial charge in [0.15, 0.2) is 4.67 Å². The van der Waals surface area contributed by atoms with Crippen LogP contribution in [0.15, 0.2) is 39.7 Å². The fourth-order valence-corrected chi connectivity index (χ4v) is 3.16. The van der Waals surface area contributed by atoms with Crippen molar-refractivity contribution in [2.24, 2.45) is 0 Å². The van der Waals surface area contributed by atoms with Gasteiger partial charge in [-0.25, -0.2) is 4.98 Å². The molecule has 0 bridgehead atoms. The third kappa shape index (κ3) is 4.90. The van der Waals surface area contributed by atoms with E-state index in [1.807, 2.05) is 19.2 Å². The van der Waals surface area contributed by atoms with Crippen LogP contribution in [-0.2, 0) is 11.3 Å². The Morgan fingerprint density at radius 3 is 2.93 bits per heavy atom. The molecule has 0 radical (unpaired) electrons. The van der Waals surface area contributed by atoms with Crippen LogP contribution in [0, 0.1) is 6.92 Å². The summed E-state index contributed by atoms with van der Waals surface area (Å²) in [6, 6.07) is 5.28. The van der Waals surface area contributed by atoms with Gasteiger partial charge in [0.25, 0.3) is 5.91 Å². The van der Waals surface area contributed by atoms with Crippen LogP contribution in [-0.4, -0.2) is 42.3 Å². The van der Waals surface area contributed by atoms with E-state index < -0.39 is 0 Å². The molecule has 1 amide bonds. The maximum absolute atomic E-state index is 12.5. The number of carbonyl (C=O) groups is 1. The van der Waals surface area contributed by atoms with E-state index >= 15 is 0 Å². The third-order valence-electron chi connectivity index (χ3n) is 4.16. The van der Waals surface area contributed by atoms with Crippen molar-refractivity contribution < 1.29 is 18.7 Å². The lowest BCUT2D eigenvalue weighted by Crippen LogP contribution is -2.25. The topological polar surface area (TPSA) is 78.5 Å². The van der Waals surface area contributed by atoms with Gasteiger partial charge in [-0.05, 0) is 41.4 Å². The number of nitrogens with one attached hydrogen (secondary N) is 1. The second-order valence-corrected chi connectivity index (χ2v) is 6.84. The lowest BCUT2D eigenvalue weighted by atomic mass is 10.1. The second-order valence-electron chi connectivity index (χ2n) is 6.06. The quantitative estimate of drug-likeness (QED) is 0.519. The summed E-state index contributed by atoms with van der Waals surface area (Å²) >= 11 is 3.32. The van der Waals surface area contributed by atoms with Gasteiger partial charge in [-0.15, -0.1) is 0 Å². The van der Waals surface area contributed by atoms with Gasteiger partial charge in [0.05, 0.1) is 12.0 Å². The van der Waals surface area contributed by atoms with Crippen LogP contribution in [0.25, 0.3) is 11.0 Å². The summed E-state index contributed by atoms with van der Waals surface area (Å²) in [6.45, 7) is 4.19. The van der Waals surface area contributed by atoms with E-state index in [0.717, 1.165) is 24.2 Å². The summed E-state index contributed by atoms with van der Waals surface area (Å²) in [5.74, 6) is 1.40. The molecule has 0 saturated heterocycles. The number of furan rings is 1. The zero-order valence-corrected chi connectivity index (χ0v) is 16.9. The Balaban J connectivity index is 1.65. The zero-order chi connectivity index (χ0) is 19.2. The molecule has 2 aromatic heterocycles. The predicted molar refractivity (Wildman–Crippen MR) is 105 cm³/mol. The SMILES string of the molecule is COCCOc1cc(C(=O)NCCCn2ccnc2C)cc2oc(Br)cc12. The zero-order valence-electron chi connectivity index (χ0n) is 15.3. The molecule has 0 aliphatic rings. The van der Waals surface area contributed by atoms with Crippen molar-refractivity contribution in [2.45, 2.75) is 19.9 Å². The highest BCUT2D eigenvalue weighted by molar-refractivity contribution is 9.10. The lowest BCUT2D eigenvalue weighted by Gasteiger charge is -2.10. The number of nitrogens with zero attached hydrogens (tertiary/aromatic N) is 2. The standard InChI is InChI=1S/C19H22BrN3O4/c1-13-21-5-7-23(13)6-3-4-22-19(24)14-10-16(26-9-8-25-2)15-12-18(20)27-17(15)11-14/h5,7,10-12H,3-4,6,8-9H2,1-2H3,(H,22,24). The van der Waals surface area contributed by atoms with Gasteiger partial charge in [0.1, 0.15) is 23.8 Å². The Bertz CT molecular complexity index is 919. The van der Waals surface area contributed by atoms with E-state index in [0.29, 0.717) is 41.3 Å². The number of halogens is 1. The normalized spacial score (nSPS) is 11.1. The number of methoxy groups -OCH3 is 1. The van der Waals surface area contributed by atoms with E-state index in [1.54, 1.807) is 25.4 Å². The lowest BCUT2D eigenvalue weighted by molar-refractivity contribution is 0.0952. The fourth-order valence-electron chi connectivity index (χ4n) is 2.75. The number of hydrogen-bond donors (Lipinski definition) is 1. The van der Waals surface area contributed by atoms with Crippen molar-refractivity contribution in [3.8, 4) is 5.75 Å². The highest BCUT2D eigenvalue weighted by Gasteiger charge is 2.14. The number of amides is 1. The van der Waals surface area contributed by atoms with Crippen molar-refractivity contribution in [2.75, 3.05) is 26.9 Å². The van der Waals surface area contributed by atoms with Crippen LogP contribution < -0.4 is 10.1 Å². The van der Waals surface area contributed by atoms with E-state index in [1.165, 1.54) is 0 Å². The van der Waals surface area contributed by atoms with Gasteiger partial charge in [-0.1, -0.05) is 0 Å². The molecule has 0 aliphatic carbocycles. The molecule has 27 heavy (non-hydrogen) atoms. The molecule has 2 heterocycles. The predicted octanol–water partition coefficient (Wildman–Crippen LogP) is 3.55. The molecule has 1 aromatic carbocycles. The number of imidazole rings is 1. The van der Waals surface area contributed by atoms with Crippen molar-refractivity contribution in [3.63, 3.8) is 0 Å². The van der Waals surface area contributed by atoms with E-state index in [4.69, 9.17) is 13.9 Å². The molecule has 0 fully saturated rings. The van der Waals surface area contributed by atoms with Gasteiger partial charge in [0, 0.05) is 44.2 Å². The molecular formula is C19H22BrN3O4. The van der Waals surface area contributed by atoms with Crippen LogP contribution in [0.5, 0.6) is 5.75 Å². The Morgan fingerprint density at radius 1 is 1.33 bits per heavy atom. The van der Waals surface area contributed by atoms with Crippen LogP contribution in [0.3, 0.4) is 0 Å². The molecular weight excluding hydrogens is 414 g/mol. The number of fused-ring (bicyclic) bond motifs is 1. The second kappa shape index (κ2) is 9.05. The third-order valence-corrected chi connectivity index (χ3v) is 4.55. The largest absolute Gasteiger partial charge is 0.490 e. The minimum absolute atomic E-state index is 0.164. The van der Waals surface area contributed by atoms with Crippen molar-refractivity contribution in [1.82, 2.24) is 14.9 Å². The van der Waals surface area contributed by atoms with Crippen molar-refractivity contribution in [1.29, 1.82) is 0 Å². The molecule has 144 valence electrons. The Labute approximate surface area is 165 Å². The maximum atomic E-state index is 12.5. The van der Waals surface area contributed by atoms with Crippen LogP contribution >= 0.6 is 15.9 Å². The van der Waals surface area contributed by atoms with Gasteiger partial charge in [0.2, 0.25) is 0 Å². The summed E-state index contributed by atoms with van der Waals surface area (Å²) in [7, 11) is 1.61. The molecule has 0 unspecified atom stereocenters. The number of carbonyl (C=O) groups excluding carboxylic acids is 1. The Kier molecular flexibility index (Phi) is 6.52. The molecule has 0 aliphatic heterocycles. The molecule has 0 spiro atoms. The number of rotatable bonds is 9. The highest BCUT2D eigenvalue weighted by Crippen LogP contribution is 2.32.